The zero-order valence-electron chi connectivity index (χ0n) is 12.5. The standard InChI is InChI=1S/C8H12.C4H8.C2H3F3.CH3F/c1-4-6-7-8(3)5-2;1-3-4-2;1-2(3,4)5;1-2/h4-7H,2H2,1,3H3;3H,1,4H2,2H3;1H3;1H3/b6-4-,8-7-;;;. The van der Waals surface area contributed by atoms with E-state index in [2.05, 4.69) is 20.1 Å². The fourth-order valence-electron chi connectivity index (χ4n) is 0.316. The van der Waals surface area contributed by atoms with Crippen molar-refractivity contribution in [1.29, 1.82) is 0 Å². The second kappa shape index (κ2) is 21.9. The average molecular weight is 282 g/mol. The van der Waals surface area contributed by atoms with Crippen LogP contribution in [0.2, 0.25) is 0 Å². The average Bonchev–Trinajstić information content (AvgIpc) is 2.36. The minimum absolute atomic E-state index is 0.188. The molecule has 0 spiro atoms. The molecule has 0 aliphatic carbocycles. The number of hydrogen-bond donors (Lipinski definition) is 0. The van der Waals surface area contributed by atoms with Crippen LogP contribution in [0.4, 0.5) is 17.6 Å². The smallest absolute Gasteiger partial charge is 0.255 e. The number of hydrogen-bond acceptors (Lipinski definition) is 0. The van der Waals surface area contributed by atoms with Gasteiger partial charge in [0.1, 0.15) is 0 Å². The zero-order valence-corrected chi connectivity index (χ0v) is 12.5. The zero-order chi connectivity index (χ0) is 16.3. The van der Waals surface area contributed by atoms with E-state index in [1.54, 1.807) is 0 Å². The highest BCUT2D eigenvalue weighted by Gasteiger charge is 2.15. The lowest BCUT2D eigenvalue weighted by molar-refractivity contribution is -0.110. The molecule has 0 amide bonds. The molecule has 0 N–H and O–H groups in total. The molecule has 0 bridgehead atoms. The Bertz CT molecular complexity index is 229. The summed E-state index contributed by atoms with van der Waals surface area (Å²) in [5.74, 6) is 0. The first-order valence-electron chi connectivity index (χ1n) is 5.70. The Morgan fingerprint density at radius 2 is 1.47 bits per heavy atom. The molecule has 0 saturated heterocycles. The molecule has 0 unspecified atom stereocenters. The van der Waals surface area contributed by atoms with Gasteiger partial charge in [-0.15, -0.1) is 6.58 Å². The van der Waals surface area contributed by atoms with Crippen molar-refractivity contribution in [3.63, 3.8) is 0 Å². The van der Waals surface area contributed by atoms with Crippen molar-refractivity contribution >= 4 is 0 Å². The first-order chi connectivity index (χ1) is 8.72. The van der Waals surface area contributed by atoms with E-state index in [0.29, 0.717) is 7.18 Å². The van der Waals surface area contributed by atoms with Crippen molar-refractivity contribution in [2.75, 3.05) is 7.18 Å². The van der Waals surface area contributed by atoms with Crippen LogP contribution in [0.5, 0.6) is 0 Å². The molecule has 0 saturated carbocycles. The fourth-order valence-corrected chi connectivity index (χ4v) is 0.316. The van der Waals surface area contributed by atoms with Gasteiger partial charge in [-0.25, -0.2) is 0 Å². The summed E-state index contributed by atoms with van der Waals surface area (Å²) in [5, 5.41) is 0. The van der Waals surface area contributed by atoms with Crippen LogP contribution < -0.4 is 0 Å². The van der Waals surface area contributed by atoms with E-state index in [9.17, 15) is 17.6 Å². The van der Waals surface area contributed by atoms with Gasteiger partial charge in [-0.1, -0.05) is 49.5 Å². The molecule has 0 aromatic heterocycles. The van der Waals surface area contributed by atoms with Crippen LogP contribution in [0.15, 0.2) is 49.1 Å². The summed E-state index contributed by atoms with van der Waals surface area (Å²) in [7, 11) is 0.500. The molecule has 0 rings (SSSR count). The lowest BCUT2D eigenvalue weighted by atomic mass is 10.3. The number of allylic oxidation sites excluding steroid dienone is 6. The van der Waals surface area contributed by atoms with E-state index < -0.39 is 6.18 Å². The quantitative estimate of drug-likeness (QED) is 0.318. The predicted octanol–water partition coefficient (Wildman–Crippen LogP) is 6.43. The molecule has 0 fully saturated rings. The van der Waals surface area contributed by atoms with Gasteiger partial charge < -0.3 is 0 Å². The monoisotopic (exact) mass is 282 g/mol. The highest BCUT2D eigenvalue weighted by atomic mass is 19.4. The van der Waals surface area contributed by atoms with Gasteiger partial charge in [-0.05, 0) is 20.3 Å². The van der Waals surface area contributed by atoms with Gasteiger partial charge in [-0.2, -0.15) is 13.2 Å². The Morgan fingerprint density at radius 3 is 1.63 bits per heavy atom. The van der Waals surface area contributed by atoms with Gasteiger partial charge in [0.25, 0.3) is 0 Å². The second-order valence-electron chi connectivity index (χ2n) is 3.12. The van der Waals surface area contributed by atoms with Crippen LogP contribution in [0.25, 0.3) is 0 Å². The van der Waals surface area contributed by atoms with E-state index >= 15 is 0 Å². The number of alkyl halides is 4. The normalized spacial score (nSPS) is 10.1. The first kappa shape index (κ1) is 26.3. The fraction of sp³-hybridized carbons (Fsp3) is 0.467. The predicted molar refractivity (Wildman–Crippen MR) is 78.0 cm³/mol. The van der Waals surface area contributed by atoms with Gasteiger partial charge >= 0.3 is 6.18 Å². The molecule has 0 aromatic carbocycles. The SMILES string of the molecule is C=C/C(C)=C\C=C/C.C=CCC.CC(F)(F)F.CF. The molecule has 0 aliphatic rings. The minimum Gasteiger partial charge on any atom is -0.255 e. The van der Waals surface area contributed by atoms with Crippen LogP contribution in [-0.4, -0.2) is 13.4 Å². The Kier molecular flexibility index (Phi) is 30.3. The Labute approximate surface area is 115 Å². The summed E-state index contributed by atoms with van der Waals surface area (Å²) in [6.07, 6.45) is 6.80. The van der Waals surface area contributed by atoms with Gasteiger partial charge in [0.2, 0.25) is 0 Å². The third-order valence-corrected chi connectivity index (χ3v) is 1.16. The molecule has 0 atom stereocenters. The van der Waals surface area contributed by atoms with E-state index in [1.807, 2.05) is 44.2 Å². The van der Waals surface area contributed by atoms with Crippen molar-refractivity contribution in [1.82, 2.24) is 0 Å². The van der Waals surface area contributed by atoms with E-state index in [1.165, 1.54) is 5.57 Å². The summed E-state index contributed by atoms with van der Waals surface area (Å²) in [6, 6.07) is 0. The minimum atomic E-state index is -4.00. The summed E-state index contributed by atoms with van der Waals surface area (Å²) in [5.41, 5.74) is 1.20. The van der Waals surface area contributed by atoms with Gasteiger partial charge in [0, 0.05) is 6.92 Å². The third kappa shape index (κ3) is 111. The summed E-state index contributed by atoms with van der Waals surface area (Å²) in [4.78, 5) is 0. The summed E-state index contributed by atoms with van der Waals surface area (Å²) >= 11 is 0. The van der Waals surface area contributed by atoms with Crippen molar-refractivity contribution < 1.29 is 17.6 Å². The summed E-state index contributed by atoms with van der Waals surface area (Å²) < 4.78 is 40.6. The molecule has 0 radical (unpaired) electrons. The van der Waals surface area contributed by atoms with Gasteiger partial charge in [-0.3, -0.25) is 4.39 Å². The maximum absolute atomic E-state index is 10.4. The molecule has 0 aliphatic heterocycles. The van der Waals surface area contributed by atoms with E-state index in [4.69, 9.17) is 0 Å². The molecule has 0 nitrogen and oxygen atoms in total. The molecule has 114 valence electrons. The van der Waals surface area contributed by atoms with E-state index in [-0.39, 0.29) is 6.92 Å². The number of halogens is 4. The van der Waals surface area contributed by atoms with Crippen LogP contribution in [0, 0.1) is 0 Å². The van der Waals surface area contributed by atoms with Crippen LogP contribution in [-0.2, 0) is 0 Å². The van der Waals surface area contributed by atoms with Crippen LogP contribution >= 0.6 is 0 Å². The Hall–Kier alpha value is -1.32. The van der Waals surface area contributed by atoms with Gasteiger partial charge in [0.05, 0.1) is 7.18 Å². The highest BCUT2D eigenvalue weighted by Crippen LogP contribution is 2.10. The van der Waals surface area contributed by atoms with Crippen molar-refractivity contribution in [2.24, 2.45) is 0 Å². The molecule has 0 heterocycles. The molecule has 0 aromatic rings. The Morgan fingerprint density at radius 1 is 1.16 bits per heavy atom. The van der Waals surface area contributed by atoms with E-state index in [0.717, 1.165) is 6.42 Å². The first-order valence-corrected chi connectivity index (χ1v) is 5.70. The lowest BCUT2D eigenvalue weighted by Gasteiger charge is -1.88. The largest absolute Gasteiger partial charge is 0.386 e. The lowest BCUT2D eigenvalue weighted by Crippen LogP contribution is -1.95. The van der Waals surface area contributed by atoms with Crippen LogP contribution in [0.3, 0.4) is 0 Å². The number of rotatable bonds is 3. The van der Waals surface area contributed by atoms with Crippen molar-refractivity contribution in [2.45, 2.75) is 40.3 Å². The topological polar surface area (TPSA) is 0 Å². The maximum atomic E-state index is 10.4. The summed E-state index contributed by atoms with van der Waals surface area (Å²) in [6.45, 7) is 13.4. The van der Waals surface area contributed by atoms with Gasteiger partial charge in [0.15, 0.2) is 0 Å². The highest BCUT2D eigenvalue weighted by molar-refractivity contribution is 5.18. The molecular formula is C15H26F4. The van der Waals surface area contributed by atoms with Crippen LogP contribution in [0.1, 0.15) is 34.1 Å². The molecular weight excluding hydrogens is 256 g/mol. The molecule has 19 heavy (non-hydrogen) atoms. The van der Waals surface area contributed by atoms with Crippen molar-refractivity contribution in [3.05, 3.63) is 49.1 Å². The second-order valence-corrected chi connectivity index (χ2v) is 3.12. The molecule has 4 heteroatoms. The third-order valence-electron chi connectivity index (χ3n) is 1.16. The van der Waals surface area contributed by atoms with Crippen molar-refractivity contribution in [3.8, 4) is 0 Å². The maximum Gasteiger partial charge on any atom is 0.386 e. The Balaban J connectivity index is -0.0000000886.